The molecular formula is C14H15Cl2N3O4S. The second-order valence-electron chi connectivity index (χ2n) is 5.04. The first kappa shape index (κ1) is 18.6. The minimum absolute atomic E-state index is 0.158. The van der Waals surface area contributed by atoms with E-state index in [0.29, 0.717) is 23.6 Å². The maximum Gasteiger partial charge on any atom is 0.335 e. The number of aryl methyl sites for hydroxylation is 2. The summed E-state index contributed by atoms with van der Waals surface area (Å²) in [5.41, 5.74) is 1.18. The molecule has 1 heterocycles. The summed E-state index contributed by atoms with van der Waals surface area (Å²) in [5.74, 6) is -1.31. The number of nitrogens with one attached hydrogen (secondary N) is 1. The molecule has 0 saturated heterocycles. The number of aromatic nitrogens is 2. The third-order valence-electron chi connectivity index (χ3n) is 3.45. The lowest BCUT2D eigenvalue weighted by Gasteiger charge is -2.12. The Balaban J connectivity index is 2.56. The Morgan fingerprint density at radius 2 is 1.96 bits per heavy atom. The standard InChI is InChI=1S/C14H15Cl2N3O4S/c1-4-19-8(3)13(7(2)17-19)18-24(22,23)11-6-9(14(20)21)5-10(15)12(11)16/h5-6,18H,4H2,1-3H3,(H,20,21). The molecular weight excluding hydrogens is 377 g/mol. The van der Waals surface area contributed by atoms with Crippen molar-refractivity contribution < 1.29 is 18.3 Å². The van der Waals surface area contributed by atoms with E-state index in [2.05, 4.69) is 9.82 Å². The molecule has 0 aliphatic rings. The van der Waals surface area contributed by atoms with Gasteiger partial charge in [0, 0.05) is 6.54 Å². The van der Waals surface area contributed by atoms with Crippen molar-refractivity contribution in [3.05, 3.63) is 39.1 Å². The van der Waals surface area contributed by atoms with Crippen LogP contribution >= 0.6 is 23.2 Å². The van der Waals surface area contributed by atoms with Gasteiger partial charge in [0.25, 0.3) is 10.0 Å². The van der Waals surface area contributed by atoms with Gasteiger partial charge in [-0.3, -0.25) is 9.40 Å². The van der Waals surface area contributed by atoms with Crippen molar-refractivity contribution in [2.75, 3.05) is 4.72 Å². The summed E-state index contributed by atoms with van der Waals surface area (Å²) in [6, 6.07) is 2.06. The Morgan fingerprint density at radius 3 is 2.46 bits per heavy atom. The van der Waals surface area contributed by atoms with Gasteiger partial charge in [0.05, 0.1) is 32.7 Å². The molecule has 0 atom stereocenters. The summed E-state index contributed by atoms with van der Waals surface area (Å²) in [7, 11) is -4.15. The number of anilines is 1. The number of rotatable bonds is 5. The van der Waals surface area contributed by atoms with E-state index in [1.165, 1.54) is 0 Å². The van der Waals surface area contributed by atoms with E-state index in [9.17, 15) is 13.2 Å². The molecule has 0 bridgehead atoms. The molecule has 0 radical (unpaired) electrons. The first-order chi connectivity index (χ1) is 11.1. The maximum absolute atomic E-state index is 12.7. The van der Waals surface area contributed by atoms with Gasteiger partial charge in [0.15, 0.2) is 0 Å². The van der Waals surface area contributed by atoms with Crippen molar-refractivity contribution in [2.24, 2.45) is 0 Å². The Morgan fingerprint density at radius 1 is 1.33 bits per heavy atom. The molecule has 1 aromatic carbocycles. The van der Waals surface area contributed by atoms with Crippen LogP contribution in [0.15, 0.2) is 17.0 Å². The molecule has 24 heavy (non-hydrogen) atoms. The Labute approximate surface area is 149 Å². The number of hydrogen-bond acceptors (Lipinski definition) is 4. The van der Waals surface area contributed by atoms with Crippen LogP contribution in [-0.2, 0) is 16.6 Å². The van der Waals surface area contributed by atoms with E-state index in [1.54, 1.807) is 18.5 Å². The molecule has 2 N–H and O–H groups in total. The second-order valence-corrected chi connectivity index (χ2v) is 7.48. The number of halogens is 2. The zero-order valence-corrected chi connectivity index (χ0v) is 15.4. The topological polar surface area (TPSA) is 101 Å². The molecule has 130 valence electrons. The first-order valence-electron chi connectivity index (χ1n) is 6.87. The molecule has 0 aliphatic carbocycles. The zero-order valence-electron chi connectivity index (χ0n) is 13.1. The third-order valence-corrected chi connectivity index (χ3v) is 5.74. The van der Waals surface area contributed by atoms with E-state index in [1.807, 2.05) is 6.92 Å². The highest BCUT2D eigenvalue weighted by molar-refractivity contribution is 7.92. The number of carboxylic acids is 1. The molecule has 0 saturated carbocycles. The number of benzene rings is 1. The molecule has 0 unspecified atom stereocenters. The van der Waals surface area contributed by atoms with Crippen molar-refractivity contribution in [1.29, 1.82) is 0 Å². The van der Waals surface area contributed by atoms with Crippen LogP contribution in [0.2, 0.25) is 10.0 Å². The lowest BCUT2D eigenvalue weighted by molar-refractivity contribution is 0.0696. The predicted octanol–water partition coefficient (Wildman–Crippen LogP) is 3.33. The highest BCUT2D eigenvalue weighted by atomic mass is 35.5. The average Bonchev–Trinajstić information content (AvgIpc) is 2.76. The monoisotopic (exact) mass is 391 g/mol. The summed E-state index contributed by atoms with van der Waals surface area (Å²) in [4.78, 5) is 10.7. The van der Waals surface area contributed by atoms with Crippen molar-refractivity contribution in [2.45, 2.75) is 32.2 Å². The Hall–Kier alpha value is -1.77. The van der Waals surface area contributed by atoms with E-state index >= 15 is 0 Å². The third kappa shape index (κ3) is 3.35. The second kappa shape index (κ2) is 6.62. The van der Waals surface area contributed by atoms with Gasteiger partial charge >= 0.3 is 5.97 Å². The van der Waals surface area contributed by atoms with Crippen LogP contribution < -0.4 is 4.72 Å². The number of nitrogens with zero attached hydrogens (tertiary/aromatic N) is 2. The van der Waals surface area contributed by atoms with E-state index in [4.69, 9.17) is 28.3 Å². The number of carbonyl (C=O) groups is 1. The minimum atomic E-state index is -4.15. The lowest BCUT2D eigenvalue weighted by atomic mass is 10.2. The Bertz CT molecular complexity index is 923. The molecule has 10 heteroatoms. The molecule has 1 aromatic heterocycles. The maximum atomic E-state index is 12.7. The number of hydrogen-bond donors (Lipinski definition) is 2. The van der Waals surface area contributed by atoms with Gasteiger partial charge in [0.2, 0.25) is 0 Å². The van der Waals surface area contributed by atoms with Gasteiger partial charge < -0.3 is 5.11 Å². The van der Waals surface area contributed by atoms with E-state index < -0.39 is 20.9 Å². The van der Waals surface area contributed by atoms with Crippen LogP contribution in [0, 0.1) is 13.8 Å². The van der Waals surface area contributed by atoms with E-state index in [-0.39, 0.29) is 15.6 Å². The molecule has 0 fully saturated rings. The van der Waals surface area contributed by atoms with Crippen LogP contribution in [0.3, 0.4) is 0 Å². The average molecular weight is 392 g/mol. The SMILES string of the molecule is CCn1nc(C)c(NS(=O)(=O)c2cc(C(=O)O)cc(Cl)c2Cl)c1C. The van der Waals surface area contributed by atoms with Crippen LogP contribution in [0.1, 0.15) is 28.7 Å². The summed E-state index contributed by atoms with van der Waals surface area (Å²) < 4.78 is 29.4. The van der Waals surface area contributed by atoms with Crippen LogP contribution in [0.25, 0.3) is 0 Å². The molecule has 0 amide bonds. The van der Waals surface area contributed by atoms with Gasteiger partial charge in [-0.2, -0.15) is 5.10 Å². The Kier molecular flexibility index (Phi) is 5.12. The van der Waals surface area contributed by atoms with Crippen LogP contribution in [0.4, 0.5) is 5.69 Å². The highest BCUT2D eigenvalue weighted by Gasteiger charge is 2.25. The van der Waals surface area contributed by atoms with Gasteiger partial charge in [-0.15, -0.1) is 0 Å². The van der Waals surface area contributed by atoms with Gasteiger partial charge in [0.1, 0.15) is 4.90 Å². The normalized spacial score (nSPS) is 11.5. The van der Waals surface area contributed by atoms with Crippen molar-refractivity contribution in [3.63, 3.8) is 0 Å². The number of sulfonamides is 1. The summed E-state index contributed by atoms with van der Waals surface area (Å²) >= 11 is 11.8. The number of aromatic carboxylic acids is 1. The van der Waals surface area contributed by atoms with Crippen molar-refractivity contribution >= 4 is 44.9 Å². The minimum Gasteiger partial charge on any atom is -0.478 e. The summed E-state index contributed by atoms with van der Waals surface area (Å²) in [6.45, 7) is 5.85. The summed E-state index contributed by atoms with van der Waals surface area (Å²) in [6.07, 6.45) is 0. The first-order valence-corrected chi connectivity index (χ1v) is 9.11. The molecule has 7 nitrogen and oxygen atoms in total. The fourth-order valence-corrected chi connectivity index (χ4v) is 4.22. The van der Waals surface area contributed by atoms with Crippen LogP contribution in [-0.4, -0.2) is 29.3 Å². The fraction of sp³-hybridized carbons (Fsp3) is 0.286. The van der Waals surface area contributed by atoms with Crippen LogP contribution in [0.5, 0.6) is 0 Å². The van der Waals surface area contributed by atoms with Crippen molar-refractivity contribution in [1.82, 2.24) is 9.78 Å². The van der Waals surface area contributed by atoms with Gasteiger partial charge in [-0.1, -0.05) is 23.2 Å². The zero-order chi connectivity index (χ0) is 18.2. The summed E-state index contributed by atoms with van der Waals surface area (Å²) in [5, 5.41) is 12.9. The molecule has 2 aromatic rings. The highest BCUT2D eigenvalue weighted by Crippen LogP contribution is 2.33. The molecule has 0 spiro atoms. The molecule has 2 rings (SSSR count). The molecule has 0 aliphatic heterocycles. The van der Waals surface area contributed by atoms with Gasteiger partial charge in [-0.05, 0) is 32.9 Å². The smallest absolute Gasteiger partial charge is 0.335 e. The largest absolute Gasteiger partial charge is 0.478 e. The van der Waals surface area contributed by atoms with E-state index in [0.717, 1.165) is 12.1 Å². The lowest BCUT2D eigenvalue weighted by Crippen LogP contribution is -2.16. The predicted molar refractivity (Wildman–Crippen MR) is 91.6 cm³/mol. The number of carboxylic acid groups (broad SMARTS) is 1. The van der Waals surface area contributed by atoms with Gasteiger partial charge in [-0.25, -0.2) is 13.2 Å². The fourth-order valence-electron chi connectivity index (χ4n) is 2.22. The van der Waals surface area contributed by atoms with Crippen molar-refractivity contribution in [3.8, 4) is 0 Å². The quantitative estimate of drug-likeness (QED) is 0.813.